The van der Waals surface area contributed by atoms with Gasteiger partial charge in [-0.2, -0.15) is 0 Å². The van der Waals surface area contributed by atoms with E-state index >= 15 is 4.48 Å². The second-order valence-corrected chi connectivity index (χ2v) is 9.64. The minimum absolute atomic E-state index is 0.122. The van der Waals surface area contributed by atoms with Crippen molar-refractivity contribution in [3.63, 3.8) is 0 Å². The van der Waals surface area contributed by atoms with Gasteiger partial charge < -0.3 is 9.47 Å². The smallest absolute Gasteiger partial charge is 0.338 e. The maximum Gasteiger partial charge on any atom is 0.338 e. The molecule has 3 aromatic rings. The monoisotopic (exact) mass is 481 g/mol. The molecule has 3 fully saturated rings. The van der Waals surface area contributed by atoms with Crippen molar-refractivity contribution < 1.29 is 23.5 Å². The molecule has 0 radical (unpaired) electrons. The van der Waals surface area contributed by atoms with Crippen LogP contribution in [-0.2, 0) is 4.74 Å². The zero-order valence-corrected chi connectivity index (χ0v) is 19.7. The van der Waals surface area contributed by atoms with Crippen LogP contribution in [0, 0.1) is 11.8 Å². The van der Waals surface area contributed by atoms with Gasteiger partial charge >= 0.3 is 5.97 Å². The fourth-order valence-electron chi connectivity index (χ4n) is 5.55. The average molecular weight is 482 g/mol. The van der Waals surface area contributed by atoms with Crippen LogP contribution < -0.4 is 4.74 Å². The van der Waals surface area contributed by atoms with E-state index in [4.69, 9.17) is 21.1 Å². The Bertz CT molecular complexity index is 1230. The first-order valence-electron chi connectivity index (χ1n) is 11.5. The molecule has 7 heteroatoms. The van der Waals surface area contributed by atoms with Crippen molar-refractivity contribution in [2.24, 2.45) is 11.8 Å². The van der Waals surface area contributed by atoms with Crippen molar-refractivity contribution in [1.82, 2.24) is 4.98 Å². The van der Waals surface area contributed by atoms with Crippen LogP contribution in [0.5, 0.6) is 5.75 Å². The molecule has 176 valence electrons. The number of carbonyl (C=O) groups excluding carboxylic acids is 1. The number of quaternary nitrogens is 1. The maximum absolute atomic E-state index is 16.5. The van der Waals surface area contributed by atoms with Gasteiger partial charge in [0.25, 0.3) is 0 Å². The lowest BCUT2D eigenvalue weighted by molar-refractivity contribution is -1.09. The van der Waals surface area contributed by atoms with Gasteiger partial charge in [0.05, 0.1) is 18.2 Å². The highest BCUT2D eigenvalue weighted by atomic mass is 35.5. The van der Waals surface area contributed by atoms with Crippen LogP contribution in [0.15, 0.2) is 67.4 Å². The first-order chi connectivity index (χ1) is 16.4. The molecule has 2 bridgehead atoms. The molecule has 3 saturated heterocycles. The van der Waals surface area contributed by atoms with Gasteiger partial charge in [-0.25, -0.2) is 4.79 Å². The number of esters is 1. The van der Waals surface area contributed by atoms with Crippen molar-refractivity contribution in [2.45, 2.75) is 25.0 Å². The van der Waals surface area contributed by atoms with Gasteiger partial charge in [-0.15, -0.1) is 11.3 Å². The molecule has 0 saturated carbocycles. The lowest BCUT2D eigenvalue weighted by Crippen LogP contribution is -2.64. The Morgan fingerprint density at radius 1 is 1.26 bits per heavy atom. The van der Waals surface area contributed by atoms with E-state index in [1.54, 1.807) is 37.6 Å². The number of benzene rings is 2. The van der Waals surface area contributed by atoms with Gasteiger partial charge in [0.1, 0.15) is 18.8 Å². The van der Waals surface area contributed by atoms with E-state index in [0.717, 1.165) is 22.9 Å². The van der Waals surface area contributed by atoms with Crippen molar-refractivity contribution >= 4 is 28.5 Å². The number of carbonyl (C=O) groups is 1. The minimum atomic E-state index is -0.792. The summed E-state index contributed by atoms with van der Waals surface area (Å²) >= 11 is 5.99. The fourth-order valence-corrected chi connectivity index (χ4v) is 5.68. The third-order valence-electron chi connectivity index (χ3n) is 7.39. The van der Waals surface area contributed by atoms with Crippen LogP contribution >= 0.6 is 11.6 Å². The van der Waals surface area contributed by atoms with Crippen LogP contribution in [-0.4, -0.2) is 41.9 Å². The molecule has 0 unspecified atom stereocenters. The number of halogens is 2. The number of hydrogen-bond donors (Lipinski definition) is 0. The Balaban J connectivity index is 1.60. The summed E-state index contributed by atoms with van der Waals surface area (Å²) in [5.41, 5.74) is 1.83. The number of aromatic nitrogens is 1. The first kappa shape index (κ1) is 22.8. The fraction of sp³-hybridized carbons (Fsp3) is 0.333. The number of methoxy groups -OCH3 is 1. The number of hydrogen-bond acceptors (Lipinski definition) is 4. The molecule has 5 nitrogen and oxygen atoms in total. The Kier molecular flexibility index (Phi) is 6.04. The summed E-state index contributed by atoms with van der Waals surface area (Å²) in [5.74, 6) is 0.587. The highest BCUT2D eigenvalue weighted by Crippen LogP contribution is 2.48. The van der Waals surface area contributed by atoms with E-state index in [1.165, 1.54) is 0 Å². The van der Waals surface area contributed by atoms with Crippen LogP contribution in [0.3, 0.4) is 0 Å². The molecule has 4 heterocycles. The lowest BCUT2D eigenvalue weighted by atomic mass is 9.73. The molecular weight excluding hydrogens is 455 g/mol. The molecule has 0 N–H and O–H groups in total. The van der Waals surface area contributed by atoms with Gasteiger partial charge in [-0.3, -0.25) is 4.98 Å². The molecule has 0 spiro atoms. The first-order valence-corrected chi connectivity index (χ1v) is 11.9. The third kappa shape index (κ3) is 4.05. The summed E-state index contributed by atoms with van der Waals surface area (Å²) in [5, 5.41) is 1.31. The number of ether oxygens (including phenoxy) is 2. The van der Waals surface area contributed by atoms with Crippen molar-refractivity contribution in [3.8, 4) is 5.75 Å². The zero-order chi connectivity index (χ0) is 23.9. The second-order valence-electron chi connectivity index (χ2n) is 9.20. The Labute approximate surface area is 203 Å². The van der Waals surface area contributed by atoms with Crippen molar-refractivity contribution in [2.75, 3.05) is 20.2 Å². The Morgan fingerprint density at radius 2 is 2.06 bits per heavy atom. The normalized spacial score (nSPS) is 26.7. The van der Waals surface area contributed by atoms with E-state index in [9.17, 15) is 4.79 Å². The molecule has 3 aliphatic heterocycles. The molecule has 2 aromatic carbocycles. The van der Waals surface area contributed by atoms with Crippen LogP contribution in [0.4, 0.5) is 4.48 Å². The maximum atomic E-state index is 16.5. The van der Waals surface area contributed by atoms with E-state index in [-0.39, 0.29) is 5.92 Å². The summed E-state index contributed by atoms with van der Waals surface area (Å²) in [6.45, 7) is 4.67. The Hall–Kier alpha value is -2.96. The molecule has 0 amide bonds. The van der Waals surface area contributed by atoms with Gasteiger partial charge in [0.15, 0.2) is 12.1 Å². The molecule has 1 aromatic heterocycles. The van der Waals surface area contributed by atoms with Gasteiger partial charge in [0.2, 0.25) is 0 Å². The molecule has 5 atom stereocenters. The van der Waals surface area contributed by atoms with Gasteiger partial charge in [0, 0.05) is 40.9 Å². The number of pyridine rings is 1. The number of nitrogens with zero attached hydrogens (tertiary/aromatic N) is 2. The topological polar surface area (TPSA) is 48.4 Å². The quantitative estimate of drug-likeness (QED) is 0.243. The SMILES string of the molecule is C=C[C@H]1C[N@+]2(F)CC[C@H]1C[C@H]2[C@H](OC(=O)c1ccc(Cl)cc1)c1ccnc2ccc(OC)cc12. The number of piperidine rings is 3. The van der Waals surface area contributed by atoms with Gasteiger partial charge in [-0.1, -0.05) is 17.7 Å². The van der Waals surface area contributed by atoms with E-state index in [0.29, 0.717) is 41.8 Å². The number of fused-ring (bicyclic) bond motifs is 4. The van der Waals surface area contributed by atoms with Crippen molar-refractivity contribution in [3.05, 3.63) is 83.5 Å². The summed E-state index contributed by atoms with van der Waals surface area (Å²) in [6, 6.07) is 13.4. The Morgan fingerprint density at radius 3 is 2.76 bits per heavy atom. The molecule has 0 aliphatic carbocycles. The zero-order valence-electron chi connectivity index (χ0n) is 19.0. The summed E-state index contributed by atoms with van der Waals surface area (Å²) < 4.78 is 27.4. The average Bonchev–Trinajstić information content (AvgIpc) is 2.86. The predicted octanol–water partition coefficient (Wildman–Crippen LogP) is 6.09. The van der Waals surface area contributed by atoms with E-state index < -0.39 is 22.8 Å². The largest absolute Gasteiger partial charge is 0.497 e. The summed E-state index contributed by atoms with van der Waals surface area (Å²) in [7, 11) is 1.60. The van der Waals surface area contributed by atoms with Crippen molar-refractivity contribution in [1.29, 1.82) is 0 Å². The summed E-state index contributed by atoms with van der Waals surface area (Å²) in [4.78, 5) is 17.7. The molecule has 3 aliphatic rings. The van der Waals surface area contributed by atoms with Crippen LogP contribution in [0.1, 0.15) is 34.9 Å². The predicted molar refractivity (Wildman–Crippen MR) is 129 cm³/mol. The van der Waals surface area contributed by atoms with Crippen LogP contribution in [0.2, 0.25) is 5.02 Å². The van der Waals surface area contributed by atoms with Gasteiger partial charge in [-0.05, 0) is 58.9 Å². The molecular formula is C27H27ClFN2O3+. The second kappa shape index (κ2) is 9.01. The highest BCUT2D eigenvalue weighted by molar-refractivity contribution is 6.30. The van der Waals surface area contributed by atoms with Crippen LogP contribution in [0.25, 0.3) is 10.9 Å². The molecule has 34 heavy (non-hydrogen) atoms. The third-order valence-corrected chi connectivity index (χ3v) is 7.64. The molecule has 6 rings (SSSR count). The highest BCUT2D eigenvalue weighted by Gasteiger charge is 2.57. The summed E-state index contributed by atoms with van der Waals surface area (Å²) in [6.07, 6.45) is 4.16. The minimum Gasteiger partial charge on any atom is -0.497 e. The lowest BCUT2D eigenvalue weighted by Gasteiger charge is -2.50. The number of rotatable bonds is 6. The van der Waals surface area contributed by atoms with E-state index in [1.807, 2.05) is 30.3 Å². The standard InChI is InChI=1S/C27H27ClFN2O3/c1-3-17-16-31(29)13-11-19(17)14-25(31)26(34-27(32)18-4-6-20(28)7-5-18)22-10-12-30-24-9-8-21(33-2)15-23(22)24/h3-10,12,15,17,19,25-26H,1,11,13-14,16H2,2H3/q+1/t17-,19-,25-,26+,31+/m0/s1. The van der Waals surface area contributed by atoms with E-state index in [2.05, 4.69) is 11.6 Å².